The number of ether oxygens (including phenoxy) is 1. The summed E-state index contributed by atoms with van der Waals surface area (Å²) in [4.78, 5) is 9.00. The summed E-state index contributed by atoms with van der Waals surface area (Å²) in [5, 5.41) is 12.3. The van der Waals surface area contributed by atoms with Crippen molar-refractivity contribution in [1.82, 2.24) is 9.97 Å². The molecule has 0 fully saturated rings. The van der Waals surface area contributed by atoms with Crippen LogP contribution in [0.25, 0.3) is 0 Å². The van der Waals surface area contributed by atoms with Crippen LogP contribution in [0.2, 0.25) is 0 Å². The second kappa shape index (κ2) is 8.30. The number of hydrogen-bond acceptors (Lipinski definition) is 5. The summed E-state index contributed by atoms with van der Waals surface area (Å²) in [7, 11) is 0. The largest absolute Gasteiger partial charge is 0.476 e. The predicted molar refractivity (Wildman–Crippen MR) is 94.9 cm³/mol. The Bertz CT molecular complexity index is 722. The molecule has 0 spiro atoms. The van der Waals surface area contributed by atoms with Crippen molar-refractivity contribution in [1.29, 1.82) is 5.26 Å². The van der Waals surface area contributed by atoms with Crippen LogP contribution in [0.15, 0.2) is 30.3 Å². The van der Waals surface area contributed by atoms with Gasteiger partial charge in [0, 0.05) is 24.2 Å². The van der Waals surface area contributed by atoms with Crippen LogP contribution in [-0.2, 0) is 6.54 Å². The summed E-state index contributed by atoms with van der Waals surface area (Å²) in [5.41, 5.74) is 2.02. The second-order valence-electron chi connectivity index (χ2n) is 6.05. The van der Waals surface area contributed by atoms with E-state index in [9.17, 15) is 0 Å². The van der Waals surface area contributed by atoms with Crippen LogP contribution < -0.4 is 10.1 Å². The highest BCUT2D eigenvalue weighted by Gasteiger charge is 2.08. The minimum absolute atomic E-state index is 0.291. The maximum Gasteiger partial charge on any atom is 0.184 e. The molecule has 5 heteroatoms. The number of aryl methyl sites for hydroxylation is 1. The second-order valence-corrected chi connectivity index (χ2v) is 6.05. The first-order valence-corrected chi connectivity index (χ1v) is 8.26. The molecular formula is C19H24N4O. The van der Waals surface area contributed by atoms with E-state index < -0.39 is 6.10 Å². The summed E-state index contributed by atoms with van der Waals surface area (Å²) in [6, 6.07) is 11.9. The number of benzene rings is 1. The monoisotopic (exact) mass is 324 g/mol. The van der Waals surface area contributed by atoms with Gasteiger partial charge in [0.1, 0.15) is 23.5 Å². The number of nitrogens with one attached hydrogen (secondary N) is 1. The van der Waals surface area contributed by atoms with E-state index in [-0.39, 0.29) is 0 Å². The Balaban J connectivity index is 2.06. The highest BCUT2D eigenvalue weighted by Crippen LogP contribution is 2.18. The number of aromatic nitrogens is 2. The normalized spacial score (nSPS) is 11.8. The first kappa shape index (κ1) is 17.7. The molecule has 0 saturated carbocycles. The molecule has 126 valence electrons. The number of nitrogens with zero attached hydrogens (tertiary/aromatic N) is 3. The molecule has 2 aromatic rings. The lowest BCUT2D eigenvalue weighted by atomic mass is 10.2. The Labute approximate surface area is 143 Å². The fourth-order valence-corrected chi connectivity index (χ4v) is 2.23. The van der Waals surface area contributed by atoms with Gasteiger partial charge in [0.05, 0.1) is 0 Å². The smallest absolute Gasteiger partial charge is 0.184 e. The topological polar surface area (TPSA) is 70.8 Å². The molecule has 2 rings (SSSR count). The van der Waals surface area contributed by atoms with Crippen molar-refractivity contribution in [3.8, 4) is 11.8 Å². The maximum absolute atomic E-state index is 9.00. The van der Waals surface area contributed by atoms with Gasteiger partial charge in [0.2, 0.25) is 0 Å². The van der Waals surface area contributed by atoms with E-state index in [2.05, 4.69) is 35.2 Å². The summed E-state index contributed by atoms with van der Waals surface area (Å²) < 4.78 is 5.66. The number of rotatable bonds is 7. The van der Waals surface area contributed by atoms with Gasteiger partial charge in [-0.2, -0.15) is 5.26 Å². The van der Waals surface area contributed by atoms with Crippen molar-refractivity contribution in [2.45, 2.75) is 52.7 Å². The standard InChI is InChI=1S/C19H24N4O/c1-5-16(11-20)24-17-8-6-7-15(10-17)12-21-18-9-14(4)22-19(23-18)13(2)3/h6-10,13,16H,5,12H2,1-4H3,(H,21,22,23). The van der Waals surface area contributed by atoms with Crippen LogP contribution in [0.3, 0.4) is 0 Å². The Kier molecular flexibility index (Phi) is 6.14. The highest BCUT2D eigenvalue weighted by molar-refractivity contribution is 5.38. The maximum atomic E-state index is 9.00. The van der Waals surface area contributed by atoms with E-state index in [4.69, 9.17) is 10.00 Å². The third kappa shape index (κ3) is 4.95. The molecule has 0 aliphatic rings. The lowest BCUT2D eigenvalue weighted by Gasteiger charge is -2.13. The molecule has 0 radical (unpaired) electrons. The number of nitriles is 1. The lowest BCUT2D eigenvalue weighted by Crippen LogP contribution is -2.12. The molecular weight excluding hydrogens is 300 g/mol. The minimum atomic E-state index is -0.411. The molecule has 1 heterocycles. The first-order valence-electron chi connectivity index (χ1n) is 8.26. The third-order valence-corrected chi connectivity index (χ3v) is 3.55. The molecule has 0 aliphatic carbocycles. The Morgan fingerprint density at radius 1 is 1.25 bits per heavy atom. The van der Waals surface area contributed by atoms with Gasteiger partial charge in [0.25, 0.3) is 0 Å². The minimum Gasteiger partial charge on any atom is -0.476 e. The van der Waals surface area contributed by atoms with E-state index in [1.54, 1.807) is 0 Å². The molecule has 1 aromatic carbocycles. The molecule has 0 saturated heterocycles. The molecule has 1 aromatic heterocycles. The molecule has 5 nitrogen and oxygen atoms in total. The molecule has 1 unspecified atom stereocenters. The first-order chi connectivity index (χ1) is 11.5. The summed E-state index contributed by atoms with van der Waals surface area (Å²) in [6.07, 6.45) is 0.253. The molecule has 0 aliphatic heterocycles. The zero-order valence-corrected chi connectivity index (χ0v) is 14.7. The van der Waals surface area contributed by atoms with Gasteiger partial charge < -0.3 is 10.1 Å². The van der Waals surface area contributed by atoms with Crippen molar-refractivity contribution in [2.75, 3.05) is 5.32 Å². The Hall–Kier alpha value is -2.61. The molecule has 0 amide bonds. The van der Waals surface area contributed by atoms with Crippen LogP contribution in [0, 0.1) is 18.3 Å². The van der Waals surface area contributed by atoms with E-state index in [0.29, 0.717) is 24.6 Å². The van der Waals surface area contributed by atoms with Gasteiger partial charge in [-0.3, -0.25) is 0 Å². The number of hydrogen-bond donors (Lipinski definition) is 1. The van der Waals surface area contributed by atoms with Crippen LogP contribution in [-0.4, -0.2) is 16.1 Å². The van der Waals surface area contributed by atoms with Crippen LogP contribution >= 0.6 is 0 Å². The number of anilines is 1. The molecule has 24 heavy (non-hydrogen) atoms. The van der Waals surface area contributed by atoms with Crippen molar-refractivity contribution < 1.29 is 4.74 Å². The van der Waals surface area contributed by atoms with Crippen molar-refractivity contribution >= 4 is 5.82 Å². The van der Waals surface area contributed by atoms with E-state index in [1.807, 2.05) is 44.2 Å². The van der Waals surface area contributed by atoms with Crippen molar-refractivity contribution in [3.63, 3.8) is 0 Å². The van der Waals surface area contributed by atoms with Gasteiger partial charge in [-0.1, -0.05) is 32.9 Å². The summed E-state index contributed by atoms with van der Waals surface area (Å²) >= 11 is 0. The van der Waals surface area contributed by atoms with E-state index in [0.717, 1.165) is 22.9 Å². The SMILES string of the molecule is CCC(C#N)Oc1cccc(CNc2cc(C)nc(C(C)C)n2)c1. The third-order valence-electron chi connectivity index (χ3n) is 3.55. The highest BCUT2D eigenvalue weighted by atomic mass is 16.5. The van der Waals surface area contributed by atoms with Gasteiger partial charge in [0.15, 0.2) is 6.10 Å². The van der Waals surface area contributed by atoms with Crippen LogP contribution in [0.5, 0.6) is 5.75 Å². The Morgan fingerprint density at radius 2 is 2.04 bits per heavy atom. The van der Waals surface area contributed by atoms with E-state index in [1.165, 1.54) is 0 Å². The average Bonchev–Trinajstić information content (AvgIpc) is 2.57. The molecule has 1 atom stereocenters. The zero-order valence-electron chi connectivity index (χ0n) is 14.7. The van der Waals surface area contributed by atoms with Crippen LogP contribution in [0.1, 0.15) is 50.2 Å². The van der Waals surface area contributed by atoms with Crippen molar-refractivity contribution in [2.24, 2.45) is 0 Å². The zero-order chi connectivity index (χ0) is 17.5. The summed E-state index contributed by atoms with van der Waals surface area (Å²) in [6.45, 7) is 8.70. The summed E-state index contributed by atoms with van der Waals surface area (Å²) in [5.74, 6) is 2.67. The van der Waals surface area contributed by atoms with Gasteiger partial charge in [-0.15, -0.1) is 0 Å². The average molecular weight is 324 g/mol. The van der Waals surface area contributed by atoms with Gasteiger partial charge >= 0.3 is 0 Å². The van der Waals surface area contributed by atoms with Gasteiger partial charge in [-0.05, 0) is 31.0 Å². The Morgan fingerprint density at radius 3 is 2.71 bits per heavy atom. The van der Waals surface area contributed by atoms with Crippen molar-refractivity contribution in [3.05, 3.63) is 47.4 Å². The fourth-order valence-electron chi connectivity index (χ4n) is 2.23. The fraction of sp³-hybridized carbons (Fsp3) is 0.421. The molecule has 0 bridgehead atoms. The van der Waals surface area contributed by atoms with Gasteiger partial charge in [-0.25, -0.2) is 9.97 Å². The lowest BCUT2D eigenvalue weighted by molar-refractivity contribution is 0.251. The molecule has 1 N–H and O–H groups in total. The quantitative estimate of drug-likeness (QED) is 0.826. The van der Waals surface area contributed by atoms with Crippen LogP contribution in [0.4, 0.5) is 5.82 Å². The predicted octanol–water partition coefficient (Wildman–Crippen LogP) is 4.20. The van der Waals surface area contributed by atoms with E-state index >= 15 is 0 Å².